The molecule has 1 atom stereocenters. The van der Waals surface area contributed by atoms with Gasteiger partial charge in [-0.2, -0.15) is 0 Å². The molecule has 1 amide bonds. The molecule has 1 fully saturated rings. The van der Waals surface area contributed by atoms with Gasteiger partial charge in [-0.15, -0.1) is 0 Å². The largest absolute Gasteiger partial charge is 0.361 e. The van der Waals surface area contributed by atoms with E-state index in [1.165, 1.54) is 23.5 Å². The van der Waals surface area contributed by atoms with Gasteiger partial charge < -0.3 is 20.1 Å². The van der Waals surface area contributed by atoms with Crippen LogP contribution in [0.15, 0.2) is 30.6 Å². The maximum absolute atomic E-state index is 13.5. The topological polar surface area (TPSA) is 64.3 Å². The summed E-state index contributed by atoms with van der Waals surface area (Å²) >= 11 is 1.46. The van der Waals surface area contributed by atoms with E-state index in [4.69, 9.17) is 0 Å². The third-order valence-electron chi connectivity index (χ3n) is 5.93. The van der Waals surface area contributed by atoms with Crippen molar-refractivity contribution in [2.24, 2.45) is 0 Å². The number of hydrogen-bond acceptors (Lipinski definition) is 5. The minimum Gasteiger partial charge on any atom is -0.361 e. The number of benzene rings is 1. The van der Waals surface area contributed by atoms with Gasteiger partial charge in [-0.25, -0.2) is 9.37 Å². The van der Waals surface area contributed by atoms with E-state index in [2.05, 4.69) is 39.1 Å². The van der Waals surface area contributed by atoms with Crippen molar-refractivity contribution in [3.63, 3.8) is 0 Å². The number of amides is 1. The highest BCUT2D eigenvalue weighted by molar-refractivity contribution is 7.17. The summed E-state index contributed by atoms with van der Waals surface area (Å²) in [4.78, 5) is 25.8. The highest BCUT2D eigenvalue weighted by atomic mass is 32.1. The van der Waals surface area contributed by atoms with Crippen LogP contribution in [-0.4, -0.2) is 60.0 Å². The smallest absolute Gasteiger partial charge is 0.263 e. The maximum Gasteiger partial charge on any atom is 0.263 e. The van der Waals surface area contributed by atoms with Crippen molar-refractivity contribution in [3.05, 3.63) is 46.9 Å². The summed E-state index contributed by atoms with van der Waals surface area (Å²) in [5.74, 6) is -0.317. The van der Waals surface area contributed by atoms with Gasteiger partial charge in [-0.3, -0.25) is 4.79 Å². The fourth-order valence-electron chi connectivity index (χ4n) is 4.04. The Kier molecular flexibility index (Phi) is 6.87. The number of H-pyrrole nitrogens is 1. The van der Waals surface area contributed by atoms with E-state index >= 15 is 0 Å². The number of likely N-dealkylation sites (N-methyl/N-ethyl adjacent to an activating group) is 1. The summed E-state index contributed by atoms with van der Waals surface area (Å²) in [6, 6.07) is 4.82. The number of carbonyl (C=O) groups is 1. The van der Waals surface area contributed by atoms with Crippen molar-refractivity contribution in [1.82, 2.24) is 20.2 Å². The Balaban J connectivity index is 1.44. The lowest BCUT2D eigenvalue weighted by Gasteiger charge is -2.32. The highest BCUT2D eigenvalue weighted by Crippen LogP contribution is 2.25. The molecular weight excluding hydrogens is 413 g/mol. The minimum absolute atomic E-state index is 0.0192. The molecule has 2 N–H and O–H groups in total. The van der Waals surface area contributed by atoms with Gasteiger partial charge in [0, 0.05) is 49.3 Å². The molecule has 1 aliphatic rings. The molecular formula is C23H30FN5OS. The predicted octanol–water partition coefficient (Wildman–Crippen LogP) is 4.05. The molecule has 166 valence electrons. The van der Waals surface area contributed by atoms with Gasteiger partial charge in [0.25, 0.3) is 5.91 Å². The number of unbranched alkanes of at least 4 members (excludes halogenated alkanes) is 1. The van der Waals surface area contributed by atoms with Gasteiger partial charge in [0.15, 0.2) is 5.13 Å². The highest BCUT2D eigenvalue weighted by Gasteiger charge is 2.21. The Morgan fingerprint density at radius 1 is 1.32 bits per heavy atom. The van der Waals surface area contributed by atoms with Crippen molar-refractivity contribution < 1.29 is 9.18 Å². The van der Waals surface area contributed by atoms with E-state index < -0.39 is 0 Å². The Morgan fingerprint density at radius 3 is 2.90 bits per heavy atom. The Hall–Kier alpha value is -2.45. The van der Waals surface area contributed by atoms with Crippen LogP contribution >= 0.6 is 11.3 Å². The first-order valence-electron chi connectivity index (χ1n) is 11.0. The van der Waals surface area contributed by atoms with Gasteiger partial charge in [0.1, 0.15) is 10.7 Å². The number of piperazine rings is 1. The van der Waals surface area contributed by atoms with E-state index in [0.717, 1.165) is 67.0 Å². The van der Waals surface area contributed by atoms with Crippen LogP contribution in [0, 0.1) is 5.82 Å². The van der Waals surface area contributed by atoms with Crippen molar-refractivity contribution in [1.29, 1.82) is 0 Å². The monoisotopic (exact) mass is 443 g/mol. The van der Waals surface area contributed by atoms with E-state index in [-0.39, 0.29) is 17.8 Å². The molecule has 3 aromatic rings. The number of nitrogens with zero attached hydrogens (tertiary/aromatic N) is 3. The molecule has 8 heteroatoms. The molecule has 0 spiro atoms. The molecule has 0 saturated carbocycles. The van der Waals surface area contributed by atoms with Crippen molar-refractivity contribution in [3.8, 4) is 0 Å². The number of aromatic amines is 1. The lowest BCUT2D eigenvalue weighted by atomic mass is 10.0. The number of aromatic nitrogens is 2. The number of anilines is 1. The molecule has 1 aromatic carbocycles. The second kappa shape index (κ2) is 9.78. The first-order chi connectivity index (χ1) is 15.0. The molecule has 31 heavy (non-hydrogen) atoms. The minimum atomic E-state index is -0.252. The van der Waals surface area contributed by atoms with Crippen LogP contribution in [0.5, 0.6) is 0 Å². The van der Waals surface area contributed by atoms with Crippen LogP contribution in [0.1, 0.15) is 41.4 Å². The SMILES string of the molecule is CCCCC(Cc1c[nH]c2cc(F)ccc12)NC(=O)c1cnc(N2CCN(C)CC2)s1. The van der Waals surface area contributed by atoms with Crippen molar-refractivity contribution in [2.45, 2.75) is 38.6 Å². The summed E-state index contributed by atoms with van der Waals surface area (Å²) in [5.41, 5.74) is 1.88. The van der Waals surface area contributed by atoms with Crippen LogP contribution in [0.25, 0.3) is 10.9 Å². The Bertz CT molecular complexity index is 1020. The van der Waals surface area contributed by atoms with E-state index in [1.54, 1.807) is 12.3 Å². The summed E-state index contributed by atoms with van der Waals surface area (Å²) < 4.78 is 13.5. The van der Waals surface area contributed by atoms with E-state index in [1.807, 2.05) is 6.20 Å². The third-order valence-corrected chi connectivity index (χ3v) is 6.99. The van der Waals surface area contributed by atoms with E-state index in [9.17, 15) is 9.18 Å². The molecule has 6 nitrogen and oxygen atoms in total. The second-order valence-corrected chi connectivity index (χ2v) is 9.33. The van der Waals surface area contributed by atoms with Crippen LogP contribution in [-0.2, 0) is 6.42 Å². The van der Waals surface area contributed by atoms with Gasteiger partial charge in [-0.1, -0.05) is 31.1 Å². The lowest BCUT2D eigenvalue weighted by molar-refractivity contribution is 0.0938. The third kappa shape index (κ3) is 5.25. The molecule has 4 rings (SSSR count). The Morgan fingerprint density at radius 2 is 2.13 bits per heavy atom. The first-order valence-corrected chi connectivity index (χ1v) is 11.8. The molecule has 2 aromatic heterocycles. The molecule has 0 bridgehead atoms. The maximum atomic E-state index is 13.5. The number of halogens is 1. The molecule has 1 aliphatic heterocycles. The molecule has 1 unspecified atom stereocenters. The summed E-state index contributed by atoms with van der Waals surface area (Å²) in [5, 5.41) is 5.15. The van der Waals surface area contributed by atoms with Gasteiger partial charge in [0.2, 0.25) is 0 Å². The number of rotatable bonds is 8. The standard InChI is InChI=1S/C23H30FN5OS/c1-3-4-5-18(12-16-14-25-20-13-17(24)6-7-19(16)20)27-22(30)21-15-26-23(31-21)29-10-8-28(2)9-11-29/h6-7,13-15,18,25H,3-5,8-12H2,1-2H3,(H,27,30). The van der Waals surface area contributed by atoms with Crippen LogP contribution < -0.4 is 10.2 Å². The second-order valence-electron chi connectivity index (χ2n) is 8.32. The van der Waals surface area contributed by atoms with E-state index in [0.29, 0.717) is 11.3 Å². The number of nitrogens with one attached hydrogen (secondary N) is 2. The number of thiazole rings is 1. The fraction of sp³-hybridized carbons (Fsp3) is 0.478. The summed E-state index contributed by atoms with van der Waals surface area (Å²) in [6.07, 6.45) is 7.34. The van der Waals surface area contributed by atoms with Crippen molar-refractivity contribution >= 4 is 33.3 Å². The quantitative estimate of drug-likeness (QED) is 0.551. The summed E-state index contributed by atoms with van der Waals surface area (Å²) in [6.45, 7) is 6.04. The van der Waals surface area contributed by atoms with Gasteiger partial charge in [-0.05, 0) is 43.7 Å². The number of fused-ring (bicyclic) bond motifs is 1. The molecule has 1 saturated heterocycles. The lowest BCUT2D eigenvalue weighted by Crippen LogP contribution is -2.44. The summed E-state index contributed by atoms with van der Waals surface area (Å²) in [7, 11) is 2.12. The zero-order valence-corrected chi connectivity index (χ0v) is 19.0. The fourth-order valence-corrected chi connectivity index (χ4v) is 4.91. The normalized spacial score (nSPS) is 16.0. The Labute approximate surface area is 186 Å². The van der Waals surface area contributed by atoms with Crippen LogP contribution in [0.4, 0.5) is 9.52 Å². The average Bonchev–Trinajstić information content (AvgIpc) is 3.40. The van der Waals surface area contributed by atoms with Crippen LogP contribution in [0.2, 0.25) is 0 Å². The van der Waals surface area contributed by atoms with Gasteiger partial charge >= 0.3 is 0 Å². The van der Waals surface area contributed by atoms with Crippen molar-refractivity contribution in [2.75, 3.05) is 38.1 Å². The average molecular weight is 444 g/mol. The van der Waals surface area contributed by atoms with Crippen LogP contribution in [0.3, 0.4) is 0 Å². The molecule has 0 aliphatic carbocycles. The zero-order valence-electron chi connectivity index (χ0n) is 18.2. The molecule has 0 radical (unpaired) electrons. The number of hydrogen-bond donors (Lipinski definition) is 2. The zero-order chi connectivity index (χ0) is 21.8. The predicted molar refractivity (Wildman–Crippen MR) is 125 cm³/mol. The van der Waals surface area contributed by atoms with Gasteiger partial charge in [0.05, 0.1) is 6.20 Å². The number of carbonyl (C=O) groups excluding carboxylic acids is 1. The molecule has 3 heterocycles. The first kappa shape index (κ1) is 21.8.